The van der Waals surface area contributed by atoms with E-state index < -0.39 is 6.80 Å². The minimum atomic E-state index is -3.12. The van der Waals surface area contributed by atoms with E-state index in [1.807, 2.05) is 47.8 Å². The van der Waals surface area contributed by atoms with Gasteiger partial charge in [0.1, 0.15) is 0 Å². The molecule has 0 aliphatic carbocycles. The van der Waals surface area contributed by atoms with E-state index in [9.17, 15) is 4.57 Å². The fourth-order valence-corrected chi connectivity index (χ4v) is 6.57. The molecule has 0 radical (unpaired) electrons. The second kappa shape index (κ2) is 9.51. The fraction of sp³-hybridized carbons (Fsp3) is 0.846. The van der Waals surface area contributed by atoms with Gasteiger partial charge in [-0.2, -0.15) is 0 Å². The maximum atomic E-state index is 12.8. The average molecular weight is 326 g/mol. The van der Waals surface area contributed by atoms with Gasteiger partial charge >= 0.3 is 6.80 Å². The quantitative estimate of drug-likeness (QED) is 0.501. The molecule has 0 aliphatic heterocycles. The summed E-state index contributed by atoms with van der Waals surface area (Å²) in [5.74, 6) is 0.669. The minimum absolute atomic E-state index is 0.334. The third kappa shape index (κ3) is 9.19. The Kier molecular flexibility index (Phi) is 9.81. The van der Waals surface area contributed by atoms with Gasteiger partial charge in [0, 0.05) is 11.4 Å². The first-order chi connectivity index (χ1) is 8.70. The van der Waals surface area contributed by atoms with E-state index >= 15 is 0 Å². The number of thioether (sulfide) groups is 1. The van der Waals surface area contributed by atoms with Crippen molar-refractivity contribution in [2.45, 2.75) is 41.5 Å². The Bertz CT molecular complexity index is 321. The van der Waals surface area contributed by atoms with Crippen LogP contribution in [0.15, 0.2) is 9.81 Å². The van der Waals surface area contributed by atoms with E-state index in [0.717, 1.165) is 9.81 Å². The van der Waals surface area contributed by atoms with Gasteiger partial charge in [-0.3, -0.25) is 0 Å². The van der Waals surface area contributed by atoms with E-state index in [0.29, 0.717) is 25.0 Å². The Hall–Kier alpha value is 0.590. The first-order valence-electron chi connectivity index (χ1n) is 6.50. The van der Waals surface area contributed by atoms with Gasteiger partial charge in [0.25, 0.3) is 0 Å². The summed E-state index contributed by atoms with van der Waals surface area (Å²) < 4.78 is 24.9. The first-order valence-corrected chi connectivity index (χ1v) is 10.7. The molecule has 0 aliphatic rings. The molecule has 19 heavy (non-hydrogen) atoms. The second-order valence-corrected chi connectivity index (χ2v) is 10.4. The Morgan fingerprint density at radius 1 is 1.05 bits per heavy atom. The van der Waals surface area contributed by atoms with Crippen molar-refractivity contribution in [3.05, 3.63) is 9.81 Å². The molecule has 0 bridgehead atoms. The summed E-state index contributed by atoms with van der Waals surface area (Å²) in [6, 6.07) is 0. The summed E-state index contributed by atoms with van der Waals surface area (Å²) in [5, 5.41) is 0. The molecule has 0 aromatic rings. The van der Waals surface area contributed by atoms with Gasteiger partial charge in [-0.25, -0.2) is 4.57 Å². The molecule has 0 saturated carbocycles. The van der Waals surface area contributed by atoms with Crippen molar-refractivity contribution < 1.29 is 13.6 Å². The molecular weight excluding hydrogens is 299 g/mol. The molecule has 3 nitrogen and oxygen atoms in total. The molecule has 6 heteroatoms. The summed E-state index contributed by atoms with van der Waals surface area (Å²) in [4.78, 5) is 0. The van der Waals surface area contributed by atoms with Gasteiger partial charge in [0.15, 0.2) is 0 Å². The molecule has 0 spiro atoms. The van der Waals surface area contributed by atoms with E-state index in [-0.39, 0.29) is 0 Å². The van der Waals surface area contributed by atoms with Gasteiger partial charge in [0.2, 0.25) is 0 Å². The van der Waals surface area contributed by atoms with E-state index in [1.165, 1.54) is 11.4 Å². The highest BCUT2D eigenvalue weighted by molar-refractivity contribution is 8.60. The van der Waals surface area contributed by atoms with Crippen LogP contribution in [0.4, 0.5) is 0 Å². The van der Waals surface area contributed by atoms with E-state index in [1.54, 1.807) is 11.8 Å². The third-order valence-corrected chi connectivity index (χ3v) is 7.40. The molecule has 0 N–H and O–H groups in total. The lowest BCUT2D eigenvalue weighted by molar-refractivity contribution is 0.187. The molecule has 0 heterocycles. The Morgan fingerprint density at radius 2 is 1.47 bits per heavy atom. The number of rotatable bonds is 9. The largest absolute Gasteiger partial charge is 0.394 e. The molecule has 0 fully saturated rings. The van der Waals surface area contributed by atoms with Crippen molar-refractivity contribution in [1.82, 2.24) is 0 Å². The smallest absolute Gasteiger partial charge is 0.300 e. The summed E-state index contributed by atoms with van der Waals surface area (Å²) in [6.07, 6.45) is 1.98. The van der Waals surface area contributed by atoms with Gasteiger partial charge in [-0.1, -0.05) is 33.3 Å². The van der Waals surface area contributed by atoms with Crippen molar-refractivity contribution in [2.75, 3.05) is 19.5 Å². The molecule has 0 saturated heterocycles. The molecule has 0 rings (SSSR count). The molecular formula is C13H27O3PS2. The lowest BCUT2D eigenvalue weighted by atomic mass is 10.2. The summed E-state index contributed by atoms with van der Waals surface area (Å²) in [6.45, 7) is 9.94. The topological polar surface area (TPSA) is 35.5 Å². The van der Waals surface area contributed by atoms with Crippen LogP contribution >= 0.6 is 29.9 Å². The summed E-state index contributed by atoms with van der Waals surface area (Å²) in [5.41, 5.74) is 1.14. The average Bonchev–Trinajstić information content (AvgIpc) is 2.31. The van der Waals surface area contributed by atoms with Crippen LogP contribution in [-0.4, -0.2) is 19.5 Å². The number of hydrogen-bond acceptors (Lipinski definition) is 5. The lowest BCUT2D eigenvalue weighted by Crippen LogP contribution is -2.05. The third-order valence-electron chi connectivity index (χ3n) is 1.92. The second-order valence-electron chi connectivity index (χ2n) is 5.41. The molecule has 0 unspecified atom stereocenters. The van der Waals surface area contributed by atoms with Crippen LogP contribution in [0.25, 0.3) is 0 Å². The predicted molar refractivity (Wildman–Crippen MR) is 88.7 cm³/mol. The maximum Gasteiger partial charge on any atom is 0.394 e. The Labute approximate surface area is 126 Å². The van der Waals surface area contributed by atoms with Gasteiger partial charge < -0.3 is 9.05 Å². The molecule has 0 aromatic carbocycles. The number of allylic oxidation sites excluding steroid dienone is 1. The lowest BCUT2D eigenvalue weighted by Gasteiger charge is -2.21. The van der Waals surface area contributed by atoms with Gasteiger partial charge in [-0.05, 0) is 31.9 Å². The van der Waals surface area contributed by atoms with Crippen LogP contribution in [0.2, 0.25) is 0 Å². The van der Waals surface area contributed by atoms with E-state index in [4.69, 9.17) is 9.05 Å². The van der Waals surface area contributed by atoms with E-state index in [2.05, 4.69) is 0 Å². The zero-order valence-corrected chi connectivity index (χ0v) is 15.6. The zero-order valence-electron chi connectivity index (χ0n) is 13.1. The summed E-state index contributed by atoms with van der Waals surface area (Å²) in [7, 11) is 0. The van der Waals surface area contributed by atoms with Crippen molar-refractivity contribution in [3.63, 3.8) is 0 Å². The highest BCUT2D eigenvalue weighted by Gasteiger charge is 2.29. The normalized spacial score (nSPS) is 12.3. The number of hydrogen-bond donors (Lipinski definition) is 0. The monoisotopic (exact) mass is 326 g/mol. The highest BCUT2D eigenvalue weighted by Crippen LogP contribution is 2.65. The van der Waals surface area contributed by atoms with Crippen LogP contribution in [-0.2, 0) is 13.6 Å². The predicted octanol–water partition coefficient (Wildman–Crippen LogP) is 5.79. The maximum absolute atomic E-state index is 12.8. The standard InChI is InChI=1S/C13H27O3PS2/c1-10(2)8-15-17(14,16-9-11(3)4)19-13(18-7)12(5)6/h10-11H,8-9H2,1-7H3. The fourth-order valence-electron chi connectivity index (χ4n) is 1.00. The SMILES string of the molecule is CSC(SP(=O)(OCC(C)C)OCC(C)C)=C(C)C. The molecule has 0 atom stereocenters. The minimum Gasteiger partial charge on any atom is -0.300 e. The van der Waals surface area contributed by atoms with Crippen molar-refractivity contribution in [1.29, 1.82) is 0 Å². The van der Waals surface area contributed by atoms with Crippen LogP contribution in [0, 0.1) is 11.8 Å². The van der Waals surface area contributed by atoms with Crippen LogP contribution < -0.4 is 0 Å². The van der Waals surface area contributed by atoms with Crippen molar-refractivity contribution in [3.8, 4) is 0 Å². The van der Waals surface area contributed by atoms with Crippen LogP contribution in [0.1, 0.15) is 41.5 Å². The molecule has 114 valence electrons. The Morgan fingerprint density at radius 3 is 1.74 bits per heavy atom. The van der Waals surface area contributed by atoms with Crippen LogP contribution in [0.3, 0.4) is 0 Å². The van der Waals surface area contributed by atoms with Crippen molar-refractivity contribution in [2.24, 2.45) is 11.8 Å². The van der Waals surface area contributed by atoms with Crippen LogP contribution in [0.5, 0.6) is 0 Å². The summed E-state index contributed by atoms with van der Waals surface area (Å²) >= 11 is 2.82. The van der Waals surface area contributed by atoms with Crippen molar-refractivity contribution >= 4 is 29.9 Å². The van der Waals surface area contributed by atoms with Gasteiger partial charge in [-0.15, -0.1) is 11.8 Å². The highest BCUT2D eigenvalue weighted by atomic mass is 32.7. The zero-order chi connectivity index (χ0) is 15.1. The Balaban J connectivity index is 4.83. The van der Waals surface area contributed by atoms with Gasteiger partial charge in [0.05, 0.1) is 17.5 Å². The molecule has 0 aromatic heterocycles. The molecule has 0 amide bonds. The first kappa shape index (κ1) is 19.6.